The van der Waals surface area contributed by atoms with Gasteiger partial charge in [0, 0.05) is 52.7 Å². The van der Waals surface area contributed by atoms with Gasteiger partial charge in [-0.25, -0.2) is 24.0 Å². The van der Waals surface area contributed by atoms with Crippen molar-refractivity contribution in [1.29, 1.82) is 0 Å². The second kappa shape index (κ2) is 11.1. The zero-order valence-corrected chi connectivity index (χ0v) is 23.0. The maximum absolute atomic E-state index is 14.4. The Balaban J connectivity index is 1.59. The molecule has 1 aromatic carbocycles. The SMILES string of the molecule is C=CC(=O)N1CCn2nc(-c3nc(-c4ccnc(N)c4)c4ccsc4c3-c3ccc(F)cc3OCCOC)nc2C1. The van der Waals surface area contributed by atoms with Gasteiger partial charge >= 0.3 is 0 Å². The van der Waals surface area contributed by atoms with Crippen LogP contribution in [0.4, 0.5) is 10.2 Å². The number of nitrogens with two attached hydrogens (primary N) is 1. The van der Waals surface area contributed by atoms with E-state index in [1.54, 1.807) is 35.0 Å². The number of nitrogen functional groups attached to an aromatic ring is 1. The number of halogens is 1. The van der Waals surface area contributed by atoms with E-state index in [9.17, 15) is 9.18 Å². The average Bonchev–Trinajstić information content (AvgIpc) is 3.64. The minimum Gasteiger partial charge on any atom is -0.490 e. The van der Waals surface area contributed by atoms with Crippen LogP contribution in [-0.2, 0) is 22.6 Å². The van der Waals surface area contributed by atoms with Crippen LogP contribution in [0.1, 0.15) is 5.82 Å². The van der Waals surface area contributed by atoms with Crippen LogP contribution in [0.3, 0.4) is 0 Å². The van der Waals surface area contributed by atoms with Crippen LogP contribution < -0.4 is 10.5 Å². The Bertz CT molecular complexity index is 1780. The fourth-order valence-corrected chi connectivity index (χ4v) is 5.82. The van der Waals surface area contributed by atoms with Gasteiger partial charge in [0.2, 0.25) is 11.7 Å². The van der Waals surface area contributed by atoms with E-state index < -0.39 is 5.82 Å². The summed E-state index contributed by atoms with van der Waals surface area (Å²) in [4.78, 5) is 28.0. The molecule has 208 valence electrons. The van der Waals surface area contributed by atoms with Crippen molar-refractivity contribution < 1.29 is 18.7 Å². The van der Waals surface area contributed by atoms with Gasteiger partial charge in [0.15, 0.2) is 0 Å². The fraction of sp³-hybridized carbons (Fsp3) is 0.207. The number of ether oxygens (including phenoxy) is 2. The van der Waals surface area contributed by atoms with Crippen LogP contribution in [0.2, 0.25) is 0 Å². The summed E-state index contributed by atoms with van der Waals surface area (Å²) in [5.41, 5.74) is 9.37. The summed E-state index contributed by atoms with van der Waals surface area (Å²) >= 11 is 1.53. The highest BCUT2D eigenvalue weighted by atomic mass is 32.1. The molecule has 12 heteroatoms. The number of carbonyl (C=O) groups is 1. The molecule has 1 amide bonds. The number of rotatable bonds is 8. The lowest BCUT2D eigenvalue weighted by molar-refractivity contribution is -0.127. The summed E-state index contributed by atoms with van der Waals surface area (Å²) < 4.78 is 28.3. The first-order valence-electron chi connectivity index (χ1n) is 12.9. The molecule has 0 fully saturated rings. The molecule has 1 aliphatic rings. The summed E-state index contributed by atoms with van der Waals surface area (Å²) in [7, 11) is 1.58. The van der Waals surface area contributed by atoms with Crippen molar-refractivity contribution in [3.8, 4) is 39.7 Å². The van der Waals surface area contributed by atoms with Gasteiger partial charge in [-0.3, -0.25) is 4.79 Å². The smallest absolute Gasteiger partial charge is 0.246 e. The van der Waals surface area contributed by atoms with Gasteiger partial charge in [0.25, 0.3) is 0 Å². The number of fused-ring (bicyclic) bond motifs is 2. The number of amides is 1. The molecule has 0 saturated carbocycles. The van der Waals surface area contributed by atoms with Gasteiger partial charge in [-0.15, -0.1) is 16.4 Å². The second-order valence-electron chi connectivity index (χ2n) is 9.34. The molecule has 4 aromatic heterocycles. The van der Waals surface area contributed by atoms with Gasteiger partial charge in [-0.2, -0.15) is 0 Å². The van der Waals surface area contributed by atoms with Crippen LogP contribution in [-0.4, -0.2) is 62.4 Å². The quantitative estimate of drug-likeness (QED) is 0.213. The van der Waals surface area contributed by atoms with E-state index >= 15 is 0 Å². The highest BCUT2D eigenvalue weighted by Gasteiger charge is 2.27. The Morgan fingerprint density at radius 2 is 2.05 bits per heavy atom. The standard InChI is InChI=1S/C29H26FN7O3S/c1-3-24(38)36-9-10-37-23(16-36)33-29(35-37)27-25(19-5-4-18(30)15-21(19)40-12-11-39-2)28-20(7-13-41-28)26(34-27)17-6-8-32-22(31)14-17/h3-8,13-15H,1,9-12,16H2,2H3,(H2,31,32). The van der Waals surface area contributed by atoms with E-state index in [0.29, 0.717) is 66.4 Å². The second-order valence-corrected chi connectivity index (χ2v) is 10.3. The van der Waals surface area contributed by atoms with Gasteiger partial charge in [-0.05, 0) is 41.8 Å². The Morgan fingerprint density at radius 1 is 1.17 bits per heavy atom. The average molecular weight is 572 g/mol. The van der Waals surface area contributed by atoms with Gasteiger partial charge in [-0.1, -0.05) is 6.58 Å². The molecule has 10 nitrogen and oxygen atoms in total. The van der Waals surface area contributed by atoms with Crippen LogP contribution in [0, 0.1) is 5.82 Å². The Hall–Kier alpha value is -4.68. The summed E-state index contributed by atoms with van der Waals surface area (Å²) in [5.74, 6) is 1.14. The molecule has 0 radical (unpaired) electrons. The van der Waals surface area contributed by atoms with Crippen LogP contribution in [0.15, 0.2) is 60.6 Å². The third-order valence-corrected chi connectivity index (χ3v) is 7.71. The predicted molar refractivity (Wildman–Crippen MR) is 155 cm³/mol. The first-order valence-corrected chi connectivity index (χ1v) is 13.7. The normalized spacial score (nSPS) is 12.9. The predicted octanol–water partition coefficient (Wildman–Crippen LogP) is 4.56. The number of hydrogen-bond acceptors (Lipinski definition) is 9. The molecule has 0 bridgehead atoms. The van der Waals surface area contributed by atoms with E-state index in [0.717, 1.165) is 21.2 Å². The van der Waals surface area contributed by atoms with E-state index in [2.05, 4.69) is 11.6 Å². The van der Waals surface area contributed by atoms with Crippen molar-refractivity contribution in [3.05, 3.63) is 72.3 Å². The van der Waals surface area contributed by atoms with Crippen LogP contribution in [0.25, 0.3) is 44.0 Å². The molecule has 0 atom stereocenters. The summed E-state index contributed by atoms with van der Waals surface area (Å²) in [6.07, 6.45) is 2.93. The molecule has 5 aromatic rings. The largest absolute Gasteiger partial charge is 0.490 e. The minimum absolute atomic E-state index is 0.165. The number of nitrogens with zero attached hydrogens (tertiary/aromatic N) is 6. The van der Waals surface area contributed by atoms with E-state index in [1.165, 1.54) is 29.5 Å². The van der Waals surface area contributed by atoms with Crippen molar-refractivity contribution in [2.24, 2.45) is 0 Å². The first kappa shape index (κ1) is 26.5. The molecular formula is C29H26FN7O3S. The molecule has 0 spiro atoms. The first-order chi connectivity index (χ1) is 20.0. The van der Waals surface area contributed by atoms with Gasteiger partial charge in [0.1, 0.15) is 35.5 Å². The topological polar surface area (TPSA) is 121 Å². The molecule has 5 heterocycles. The maximum atomic E-state index is 14.4. The number of anilines is 1. The molecule has 0 aliphatic carbocycles. The van der Waals surface area contributed by atoms with E-state index in [4.69, 9.17) is 30.3 Å². The molecule has 0 unspecified atom stereocenters. The summed E-state index contributed by atoms with van der Waals surface area (Å²) in [5, 5.41) is 7.67. The number of carbonyl (C=O) groups excluding carboxylic acids is 1. The van der Waals surface area contributed by atoms with Crippen LogP contribution >= 0.6 is 11.3 Å². The minimum atomic E-state index is -0.426. The van der Waals surface area contributed by atoms with E-state index in [-0.39, 0.29) is 12.5 Å². The zero-order chi connectivity index (χ0) is 28.5. The molecule has 1 aliphatic heterocycles. The van der Waals surface area contributed by atoms with Crippen molar-refractivity contribution in [3.63, 3.8) is 0 Å². The van der Waals surface area contributed by atoms with Crippen LogP contribution in [0.5, 0.6) is 5.75 Å². The fourth-order valence-electron chi connectivity index (χ4n) is 4.86. The van der Waals surface area contributed by atoms with Gasteiger partial charge in [0.05, 0.1) is 25.4 Å². The lowest BCUT2D eigenvalue weighted by Gasteiger charge is -2.25. The number of hydrogen-bond donors (Lipinski definition) is 1. The zero-order valence-electron chi connectivity index (χ0n) is 22.2. The van der Waals surface area contributed by atoms with Crippen molar-refractivity contribution in [2.45, 2.75) is 13.1 Å². The number of aromatic nitrogens is 5. The molecule has 0 saturated heterocycles. The highest BCUT2D eigenvalue weighted by molar-refractivity contribution is 7.18. The Kier molecular flexibility index (Phi) is 7.16. The van der Waals surface area contributed by atoms with Crippen molar-refractivity contribution in [2.75, 3.05) is 32.6 Å². The number of benzene rings is 1. The Morgan fingerprint density at radius 3 is 2.85 bits per heavy atom. The molecular weight excluding hydrogens is 545 g/mol. The van der Waals surface area contributed by atoms with E-state index in [1.807, 2.05) is 17.5 Å². The lowest BCUT2D eigenvalue weighted by Crippen LogP contribution is -2.37. The van der Waals surface area contributed by atoms with Crippen molar-refractivity contribution in [1.82, 2.24) is 29.6 Å². The number of pyridine rings is 2. The highest BCUT2D eigenvalue weighted by Crippen LogP contribution is 2.45. The third kappa shape index (κ3) is 5.03. The third-order valence-electron chi connectivity index (χ3n) is 6.78. The lowest BCUT2D eigenvalue weighted by atomic mass is 9.98. The Labute approximate surface area is 238 Å². The molecule has 6 rings (SSSR count). The summed E-state index contributed by atoms with van der Waals surface area (Å²) in [6.45, 7) is 5.44. The molecule has 41 heavy (non-hydrogen) atoms. The monoisotopic (exact) mass is 571 g/mol. The summed E-state index contributed by atoms with van der Waals surface area (Å²) in [6, 6.07) is 10.0. The maximum Gasteiger partial charge on any atom is 0.246 e. The van der Waals surface area contributed by atoms with Crippen molar-refractivity contribution >= 4 is 33.1 Å². The number of methoxy groups -OCH3 is 1. The molecule has 2 N–H and O–H groups in total. The number of thiophene rings is 1. The van der Waals surface area contributed by atoms with Gasteiger partial charge < -0.3 is 20.1 Å².